The van der Waals surface area contributed by atoms with Crippen LogP contribution in [0.5, 0.6) is 11.5 Å². The molecule has 0 atom stereocenters. The van der Waals surface area contributed by atoms with Gasteiger partial charge in [0.25, 0.3) is 15.9 Å². The number of carbonyl (C=O) groups is 1. The second-order valence-electron chi connectivity index (χ2n) is 6.12. The third kappa shape index (κ3) is 5.65. The van der Waals surface area contributed by atoms with Gasteiger partial charge in [0.15, 0.2) is 6.61 Å². The smallest absolute Gasteiger partial charge is 0.262 e. The molecule has 9 heteroatoms. The average Bonchev–Trinajstić information content (AvgIpc) is 2.73. The summed E-state index contributed by atoms with van der Waals surface area (Å²) in [5.74, 6) is 0.396. The number of methoxy groups -OCH3 is 1. The topological polar surface area (TPSA) is 93.7 Å². The van der Waals surface area contributed by atoms with Gasteiger partial charge in [-0.25, -0.2) is 8.42 Å². The van der Waals surface area contributed by atoms with Gasteiger partial charge in [0.1, 0.15) is 11.5 Å². The lowest BCUT2D eigenvalue weighted by Crippen LogP contribution is -2.20. The van der Waals surface area contributed by atoms with Crippen LogP contribution in [-0.2, 0) is 14.8 Å². The lowest BCUT2D eigenvalue weighted by Gasteiger charge is -2.12. The van der Waals surface area contributed by atoms with E-state index in [4.69, 9.17) is 21.1 Å². The van der Waals surface area contributed by atoms with Gasteiger partial charge < -0.3 is 14.8 Å². The summed E-state index contributed by atoms with van der Waals surface area (Å²) in [6.45, 7) is -0.274. The van der Waals surface area contributed by atoms with Crippen molar-refractivity contribution in [1.29, 1.82) is 0 Å². The predicted molar refractivity (Wildman–Crippen MR) is 116 cm³/mol. The summed E-state index contributed by atoms with van der Waals surface area (Å²) in [6, 6.07) is 19.2. The van der Waals surface area contributed by atoms with Crippen LogP contribution in [0, 0.1) is 0 Å². The molecule has 0 unspecified atom stereocenters. The molecule has 0 spiro atoms. The molecule has 156 valence electrons. The molecule has 3 rings (SSSR count). The number of benzene rings is 3. The quantitative estimate of drug-likeness (QED) is 0.541. The number of hydrogen-bond donors (Lipinski definition) is 2. The predicted octanol–water partition coefficient (Wildman–Crippen LogP) is 4.17. The van der Waals surface area contributed by atoms with E-state index in [1.54, 1.807) is 48.5 Å². The van der Waals surface area contributed by atoms with E-state index in [-0.39, 0.29) is 11.5 Å². The minimum atomic E-state index is -3.73. The molecule has 0 radical (unpaired) electrons. The number of halogens is 1. The third-order valence-electron chi connectivity index (χ3n) is 3.97. The number of para-hydroxylation sites is 1. The van der Waals surface area contributed by atoms with Gasteiger partial charge in [0.05, 0.1) is 17.7 Å². The second kappa shape index (κ2) is 9.51. The first-order chi connectivity index (χ1) is 14.4. The standard InChI is InChI=1S/C21H19ClN2O5S/c1-28-20-12-7-15(22)13-19(20)23-21(25)14-29-17-8-10-18(11-9-17)30(26,27)24-16-5-3-2-4-6-16/h2-13,24H,14H2,1H3,(H,23,25). The lowest BCUT2D eigenvalue weighted by molar-refractivity contribution is -0.118. The molecule has 0 aliphatic heterocycles. The van der Waals surface area contributed by atoms with Crippen LogP contribution >= 0.6 is 11.6 Å². The SMILES string of the molecule is COc1ccc(Cl)cc1NC(=O)COc1ccc(S(=O)(=O)Nc2ccccc2)cc1. The van der Waals surface area contributed by atoms with Crippen molar-refractivity contribution in [2.45, 2.75) is 4.90 Å². The van der Waals surface area contributed by atoms with Gasteiger partial charge >= 0.3 is 0 Å². The zero-order valence-electron chi connectivity index (χ0n) is 16.0. The fraction of sp³-hybridized carbons (Fsp3) is 0.0952. The van der Waals surface area contributed by atoms with Gasteiger partial charge in [-0.2, -0.15) is 0 Å². The molecular weight excluding hydrogens is 428 g/mol. The Kier molecular flexibility index (Phi) is 6.81. The van der Waals surface area contributed by atoms with Crippen molar-refractivity contribution in [3.63, 3.8) is 0 Å². The van der Waals surface area contributed by atoms with Crippen LogP contribution in [0.15, 0.2) is 77.7 Å². The highest BCUT2D eigenvalue weighted by Gasteiger charge is 2.14. The van der Waals surface area contributed by atoms with E-state index in [0.29, 0.717) is 27.9 Å². The van der Waals surface area contributed by atoms with Crippen molar-refractivity contribution in [2.24, 2.45) is 0 Å². The Morgan fingerprint density at radius 1 is 1.00 bits per heavy atom. The summed E-state index contributed by atoms with van der Waals surface area (Å²) in [5, 5.41) is 3.11. The first kappa shape index (κ1) is 21.5. The molecule has 0 aromatic heterocycles. The maximum Gasteiger partial charge on any atom is 0.262 e. The Morgan fingerprint density at radius 3 is 2.37 bits per heavy atom. The summed E-state index contributed by atoms with van der Waals surface area (Å²) in [7, 11) is -2.24. The Bertz CT molecular complexity index is 1120. The molecule has 0 bridgehead atoms. The molecular formula is C21H19ClN2O5S. The number of rotatable bonds is 8. The number of hydrogen-bond acceptors (Lipinski definition) is 5. The van der Waals surface area contributed by atoms with E-state index in [1.807, 2.05) is 0 Å². The van der Waals surface area contributed by atoms with Crippen LogP contribution in [0.1, 0.15) is 0 Å². The van der Waals surface area contributed by atoms with Crippen molar-refractivity contribution < 1.29 is 22.7 Å². The van der Waals surface area contributed by atoms with Gasteiger partial charge in [-0.05, 0) is 54.6 Å². The fourth-order valence-corrected chi connectivity index (χ4v) is 3.78. The normalized spacial score (nSPS) is 10.9. The Morgan fingerprint density at radius 2 is 1.70 bits per heavy atom. The molecule has 1 amide bonds. The zero-order valence-corrected chi connectivity index (χ0v) is 17.5. The van der Waals surface area contributed by atoms with Gasteiger partial charge in [0.2, 0.25) is 0 Å². The molecule has 0 aliphatic rings. The maximum absolute atomic E-state index is 12.4. The first-order valence-corrected chi connectivity index (χ1v) is 10.7. The largest absolute Gasteiger partial charge is 0.495 e. The summed E-state index contributed by atoms with van der Waals surface area (Å²) < 4.78 is 38.0. The van der Waals surface area contributed by atoms with Gasteiger partial charge in [-0.1, -0.05) is 29.8 Å². The number of carbonyl (C=O) groups excluding carboxylic acids is 1. The Hall–Kier alpha value is -3.23. The first-order valence-electron chi connectivity index (χ1n) is 8.81. The van der Waals surface area contributed by atoms with Gasteiger partial charge in [-0.15, -0.1) is 0 Å². The van der Waals surface area contributed by atoms with Crippen molar-refractivity contribution in [1.82, 2.24) is 0 Å². The summed E-state index contributed by atoms with van der Waals surface area (Å²) in [4.78, 5) is 12.2. The third-order valence-corrected chi connectivity index (χ3v) is 5.60. The van der Waals surface area contributed by atoms with Crippen LogP contribution in [0.25, 0.3) is 0 Å². The number of nitrogens with one attached hydrogen (secondary N) is 2. The highest BCUT2D eigenvalue weighted by molar-refractivity contribution is 7.92. The van der Waals surface area contributed by atoms with Crippen LogP contribution < -0.4 is 19.5 Å². The molecule has 30 heavy (non-hydrogen) atoms. The maximum atomic E-state index is 12.4. The summed E-state index contributed by atoms with van der Waals surface area (Å²) >= 11 is 5.94. The second-order valence-corrected chi connectivity index (χ2v) is 8.24. The van der Waals surface area contributed by atoms with Crippen LogP contribution in [0.3, 0.4) is 0 Å². The van der Waals surface area contributed by atoms with Crippen LogP contribution in [-0.4, -0.2) is 28.0 Å². The number of sulfonamides is 1. The lowest BCUT2D eigenvalue weighted by atomic mass is 10.3. The van der Waals surface area contributed by atoms with E-state index >= 15 is 0 Å². The monoisotopic (exact) mass is 446 g/mol. The van der Waals surface area contributed by atoms with E-state index in [1.165, 1.54) is 31.4 Å². The van der Waals surface area contributed by atoms with Crippen LogP contribution in [0.2, 0.25) is 5.02 Å². The molecule has 0 aliphatic carbocycles. The molecule has 0 heterocycles. The summed E-state index contributed by atoms with van der Waals surface area (Å²) in [5.41, 5.74) is 0.887. The molecule has 7 nitrogen and oxygen atoms in total. The van der Waals surface area contributed by atoms with E-state index < -0.39 is 15.9 Å². The summed E-state index contributed by atoms with van der Waals surface area (Å²) in [6.07, 6.45) is 0. The zero-order chi connectivity index (χ0) is 21.6. The highest BCUT2D eigenvalue weighted by Crippen LogP contribution is 2.27. The van der Waals surface area contributed by atoms with E-state index in [0.717, 1.165) is 0 Å². The molecule has 3 aromatic carbocycles. The Labute approximate surface area is 179 Å². The van der Waals surface area contributed by atoms with E-state index in [2.05, 4.69) is 10.0 Å². The van der Waals surface area contributed by atoms with Gasteiger partial charge in [0, 0.05) is 10.7 Å². The van der Waals surface area contributed by atoms with Crippen molar-refractivity contribution in [3.05, 3.63) is 77.8 Å². The molecule has 0 saturated carbocycles. The molecule has 0 fully saturated rings. The highest BCUT2D eigenvalue weighted by atomic mass is 35.5. The Balaban J connectivity index is 1.59. The number of ether oxygens (including phenoxy) is 2. The minimum Gasteiger partial charge on any atom is -0.495 e. The minimum absolute atomic E-state index is 0.0758. The fourth-order valence-electron chi connectivity index (χ4n) is 2.55. The van der Waals surface area contributed by atoms with Crippen molar-refractivity contribution in [3.8, 4) is 11.5 Å². The number of anilines is 2. The average molecular weight is 447 g/mol. The van der Waals surface area contributed by atoms with Crippen LogP contribution in [0.4, 0.5) is 11.4 Å². The molecule has 0 saturated heterocycles. The van der Waals surface area contributed by atoms with Crippen molar-refractivity contribution >= 4 is 38.9 Å². The molecule has 2 N–H and O–H groups in total. The van der Waals surface area contributed by atoms with Gasteiger partial charge in [-0.3, -0.25) is 9.52 Å². The van der Waals surface area contributed by atoms with E-state index in [9.17, 15) is 13.2 Å². The van der Waals surface area contributed by atoms with Crippen molar-refractivity contribution in [2.75, 3.05) is 23.8 Å². The number of amides is 1. The molecule has 3 aromatic rings.